The summed E-state index contributed by atoms with van der Waals surface area (Å²) in [6.45, 7) is 7.27. The number of ketones is 1. The number of nitrogens with one attached hydrogen (secondary N) is 1. The third-order valence-corrected chi connectivity index (χ3v) is 7.22. The van der Waals surface area contributed by atoms with Crippen LogP contribution >= 0.6 is 15.9 Å². The Bertz CT molecular complexity index is 1310. The molecule has 1 aromatic carbocycles. The number of ether oxygens (including phenoxy) is 1. The molecule has 2 aromatic heterocycles. The first-order chi connectivity index (χ1) is 17.7. The summed E-state index contributed by atoms with van der Waals surface area (Å²) >= 11 is 3.54. The molecule has 1 saturated heterocycles. The van der Waals surface area contributed by atoms with Gasteiger partial charge < -0.3 is 15.0 Å². The molecule has 0 amide bonds. The molecule has 3 heterocycles. The van der Waals surface area contributed by atoms with Crippen molar-refractivity contribution < 1.29 is 14.3 Å². The summed E-state index contributed by atoms with van der Waals surface area (Å²) in [6.07, 6.45) is 9.29. The van der Waals surface area contributed by atoms with Gasteiger partial charge in [-0.2, -0.15) is 0 Å². The van der Waals surface area contributed by atoms with Crippen LogP contribution in [0.4, 0.5) is 17.3 Å². The molecule has 1 saturated carbocycles. The van der Waals surface area contributed by atoms with Crippen molar-refractivity contribution in [2.75, 3.05) is 23.3 Å². The molecule has 5 rings (SSSR count). The molecule has 3 aromatic rings. The zero-order valence-electron chi connectivity index (χ0n) is 21.5. The number of hydrogen-bond donors (Lipinski definition) is 1. The fourth-order valence-corrected chi connectivity index (χ4v) is 5.06. The lowest BCUT2D eigenvalue weighted by molar-refractivity contribution is -0.156. The number of pyridine rings is 1. The van der Waals surface area contributed by atoms with Gasteiger partial charge in [-0.3, -0.25) is 14.6 Å². The molecule has 1 N–H and O–H groups in total. The van der Waals surface area contributed by atoms with Crippen LogP contribution in [0.25, 0.3) is 10.9 Å². The third-order valence-electron chi connectivity index (χ3n) is 6.72. The Kier molecular flexibility index (Phi) is 7.16. The Hall–Kier alpha value is -3.07. The minimum atomic E-state index is -0.452. The van der Waals surface area contributed by atoms with Crippen molar-refractivity contribution in [2.24, 2.45) is 11.8 Å². The Morgan fingerprint density at radius 2 is 1.76 bits per heavy atom. The van der Waals surface area contributed by atoms with Crippen LogP contribution in [-0.2, 0) is 9.53 Å². The topological polar surface area (TPSA) is 97.3 Å². The van der Waals surface area contributed by atoms with Crippen LogP contribution in [0.5, 0.6) is 0 Å². The van der Waals surface area contributed by atoms with Gasteiger partial charge in [0.1, 0.15) is 5.60 Å². The first-order valence-corrected chi connectivity index (χ1v) is 13.6. The first kappa shape index (κ1) is 25.6. The van der Waals surface area contributed by atoms with E-state index in [0.29, 0.717) is 29.5 Å². The molecule has 1 aliphatic heterocycles. The zero-order valence-corrected chi connectivity index (χ0v) is 23.0. The number of fused-ring (bicyclic) bond motifs is 1. The lowest BCUT2D eigenvalue weighted by atomic mass is 9.93. The van der Waals surface area contributed by atoms with Crippen LogP contribution in [-0.4, -0.2) is 45.4 Å². The molecular weight excluding hydrogens is 534 g/mol. The average Bonchev–Trinajstić information content (AvgIpc) is 3.69. The number of hydrogen-bond acceptors (Lipinski definition) is 8. The molecule has 194 valence electrons. The molecule has 1 aliphatic carbocycles. The fourth-order valence-electron chi connectivity index (χ4n) is 4.70. The van der Waals surface area contributed by atoms with Crippen molar-refractivity contribution >= 4 is 55.9 Å². The average molecular weight is 567 g/mol. The van der Waals surface area contributed by atoms with Gasteiger partial charge in [0.2, 0.25) is 5.95 Å². The predicted octanol–water partition coefficient (Wildman–Crippen LogP) is 6.07. The SMILES string of the molecule is CC(C)(C)OC(=O)CC1CCN(c2ncc(Nc3c(C(=O)C4CC4)cnc4ccc(Br)cc34)cn2)CC1. The van der Waals surface area contributed by atoms with Gasteiger partial charge >= 0.3 is 5.97 Å². The predicted molar refractivity (Wildman–Crippen MR) is 147 cm³/mol. The second-order valence-corrected chi connectivity index (χ2v) is 11.9. The van der Waals surface area contributed by atoms with Gasteiger partial charge in [-0.1, -0.05) is 15.9 Å². The number of rotatable bonds is 7. The lowest BCUT2D eigenvalue weighted by Gasteiger charge is -2.32. The summed E-state index contributed by atoms with van der Waals surface area (Å²) in [5.74, 6) is 1.06. The van der Waals surface area contributed by atoms with Gasteiger partial charge in [0.25, 0.3) is 0 Å². The number of piperidine rings is 1. The summed E-state index contributed by atoms with van der Waals surface area (Å²) < 4.78 is 6.39. The van der Waals surface area contributed by atoms with Crippen molar-refractivity contribution in [3.05, 3.63) is 46.8 Å². The molecule has 37 heavy (non-hydrogen) atoms. The zero-order chi connectivity index (χ0) is 26.2. The van der Waals surface area contributed by atoms with E-state index in [0.717, 1.165) is 59.8 Å². The van der Waals surface area contributed by atoms with Crippen molar-refractivity contribution in [1.29, 1.82) is 0 Å². The number of Topliss-reactive ketones (excluding diaryl/α,β-unsaturated/α-hetero) is 1. The number of carbonyl (C=O) groups is 2. The van der Waals surface area contributed by atoms with E-state index in [9.17, 15) is 9.59 Å². The second-order valence-electron chi connectivity index (χ2n) is 11.0. The number of nitrogens with zero attached hydrogens (tertiary/aromatic N) is 4. The first-order valence-electron chi connectivity index (χ1n) is 12.8. The largest absolute Gasteiger partial charge is 0.460 e. The monoisotopic (exact) mass is 565 g/mol. The maximum atomic E-state index is 13.0. The highest BCUT2D eigenvalue weighted by Gasteiger charge is 2.32. The van der Waals surface area contributed by atoms with E-state index in [1.54, 1.807) is 18.6 Å². The Morgan fingerprint density at radius 1 is 1.05 bits per heavy atom. The molecule has 2 aliphatic rings. The van der Waals surface area contributed by atoms with E-state index >= 15 is 0 Å². The molecule has 8 nitrogen and oxygen atoms in total. The van der Waals surface area contributed by atoms with Crippen molar-refractivity contribution in [3.8, 4) is 0 Å². The van der Waals surface area contributed by atoms with E-state index in [1.807, 2.05) is 39.0 Å². The number of aromatic nitrogens is 3. The van der Waals surface area contributed by atoms with E-state index in [2.05, 4.69) is 41.1 Å². The van der Waals surface area contributed by atoms with E-state index < -0.39 is 5.60 Å². The normalized spacial score (nSPS) is 16.6. The quantitative estimate of drug-likeness (QED) is 0.272. The maximum Gasteiger partial charge on any atom is 0.306 e. The summed E-state index contributed by atoms with van der Waals surface area (Å²) in [5, 5.41) is 4.28. The maximum absolute atomic E-state index is 13.0. The summed E-state index contributed by atoms with van der Waals surface area (Å²) in [7, 11) is 0. The van der Waals surface area contributed by atoms with Crippen LogP contribution in [0.15, 0.2) is 41.3 Å². The number of carbonyl (C=O) groups excluding carboxylic acids is 2. The van der Waals surface area contributed by atoms with Crippen molar-refractivity contribution in [3.63, 3.8) is 0 Å². The minimum Gasteiger partial charge on any atom is -0.460 e. The van der Waals surface area contributed by atoms with Crippen LogP contribution in [0, 0.1) is 11.8 Å². The molecule has 0 radical (unpaired) electrons. The Balaban J connectivity index is 1.27. The van der Waals surface area contributed by atoms with Gasteiger partial charge in [-0.25, -0.2) is 9.97 Å². The highest BCUT2D eigenvalue weighted by molar-refractivity contribution is 9.10. The molecule has 0 atom stereocenters. The number of anilines is 3. The molecule has 0 spiro atoms. The highest BCUT2D eigenvalue weighted by atomic mass is 79.9. The molecule has 0 unspecified atom stereocenters. The van der Waals surface area contributed by atoms with Crippen LogP contribution < -0.4 is 10.2 Å². The smallest absolute Gasteiger partial charge is 0.306 e. The Labute approximate surface area is 225 Å². The molecule has 0 bridgehead atoms. The van der Waals surface area contributed by atoms with E-state index in [1.165, 1.54) is 0 Å². The van der Waals surface area contributed by atoms with E-state index in [4.69, 9.17) is 4.74 Å². The van der Waals surface area contributed by atoms with Gasteiger partial charge in [0.15, 0.2) is 5.78 Å². The summed E-state index contributed by atoms with van der Waals surface area (Å²) in [4.78, 5) is 41.1. The third kappa shape index (κ3) is 6.26. The number of halogens is 1. The number of esters is 1. The van der Waals surface area contributed by atoms with Gasteiger partial charge in [0, 0.05) is 41.5 Å². The molecule has 2 fully saturated rings. The van der Waals surface area contributed by atoms with Gasteiger partial charge in [0.05, 0.1) is 34.8 Å². The van der Waals surface area contributed by atoms with Crippen molar-refractivity contribution in [2.45, 2.75) is 58.5 Å². The summed E-state index contributed by atoms with van der Waals surface area (Å²) in [6, 6.07) is 5.85. The number of benzene rings is 1. The van der Waals surface area contributed by atoms with Crippen LogP contribution in [0.1, 0.15) is 63.2 Å². The lowest BCUT2D eigenvalue weighted by Crippen LogP contribution is -2.36. The minimum absolute atomic E-state index is 0.0869. The second kappa shape index (κ2) is 10.4. The standard InChI is InChI=1S/C28H32BrN5O3/c1-28(2,3)37-24(35)12-17-8-10-34(11-9-17)27-31-14-20(15-32-27)33-25-21-13-19(29)6-7-23(21)30-16-22(25)26(36)18-4-5-18/h6-7,13-18H,4-5,8-12H2,1-3H3,(H,30,33). The fraction of sp³-hybridized carbons (Fsp3) is 0.464. The highest BCUT2D eigenvalue weighted by Crippen LogP contribution is 2.38. The van der Waals surface area contributed by atoms with Gasteiger partial charge in [-0.05, 0) is 70.6 Å². The van der Waals surface area contributed by atoms with Crippen LogP contribution in [0.2, 0.25) is 0 Å². The summed E-state index contributed by atoms with van der Waals surface area (Å²) in [5.41, 5.74) is 2.41. The molecule has 9 heteroatoms. The van der Waals surface area contributed by atoms with Gasteiger partial charge in [-0.15, -0.1) is 0 Å². The van der Waals surface area contributed by atoms with Crippen LogP contribution in [0.3, 0.4) is 0 Å². The Morgan fingerprint density at radius 3 is 2.41 bits per heavy atom. The van der Waals surface area contributed by atoms with E-state index in [-0.39, 0.29) is 17.7 Å². The molecular formula is C28H32BrN5O3. The van der Waals surface area contributed by atoms with Crippen molar-refractivity contribution in [1.82, 2.24) is 15.0 Å².